The number of alkyl halides is 1. The Kier molecular flexibility index (Phi) is 3.22. The van der Waals surface area contributed by atoms with Gasteiger partial charge in [0.2, 0.25) is 0 Å². The molecule has 1 aliphatic rings. The molecule has 0 saturated heterocycles. The monoisotopic (exact) mass is 204 g/mol. The summed E-state index contributed by atoms with van der Waals surface area (Å²) in [6.45, 7) is 4.61. The molecule has 1 rings (SSSR count). The normalized spacial score (nSPS) is 36.3. The summed E-state index contributed by atoms with van der Waals surface area (Å²) >= 11 is 3.68. The molecular formula is C9H17Br. The lowest BCUT2D eigenvalue weighted by Gasteiger charge is -2.19. The van der Waals surface area contributed by atoms with E-state index in [9.17, 15) is 0 Å². The van der Waals surface area contributed by atoms with Gasteiger partial charge in [-0.25, -0.2) is 0 Å². The zero-order chi connectivity index (χ0) is 7.56. The van der Waals surface area contributed by atoms with Crippen molar-refractivity contribution in [2.24, 2.45) is 11.8 Å². The van der Waals surface area contributed by atoms with Crippen LogP contribution in [0.25, 0.3) is 0 Å². The molecule has 0 aliphatic heterocycles. The highest BCUT2D eigenvalue weighted by Gasteiger charge is 2.28. The van der Waals surface area contributed by atoms with Gasteiger partial charge in [-0.05, 0) is 18.3 Å². The van der Waals surface area contributed by atoms with Gasteiger partial charge in [-0.1, -0.05) is 49.0 Å². The summed E-state index contributed by atoms with van der Waals surface area (Å²) in [6.07, 6.45) is 5.75. The Balaban J connectivity index is 2.42. The van der Waals surface area contributed by atoms with Crippen LogP contribution in [0.15, 0.2) is 0 Å². The second-order valence-corrected chi connectivity index (χ2v) is 4.88. The quantitative estimate of drug-likeness (QED) is 0.604. The molecule has 0 N–H and O–H groups in total. The van der Waals surface area contributed by atoms with Crippen LogP contribution in [0.3, 0.4) is 0 Å². The van der Waals surface area contributed by atoms with Gasteiger partial charge >= 0.3 is 0 Å². The van der Waals surface area contributed by atoms with Crippen molar-refractivity contribution in [2.45, 2.75) is 44.4 Å². The summed E-state index contributed by atoms with van der Waals surface area (Å²) in [5, 5.41) is 0. The summed E-state index contributed by atoms with van der Waals surface area (Å²) in [5.41, 5.74) is 0. The zero-order valence-electron chi connectivity index (χ0n) is 6.94. The number of hydrogen-bond donors (Lipinski definition) is 0. The van der Waals surface area contributed by atoms with Crippen molar-refractivity contribution in [3.8, 4) is 0 Å². The molecule has 0 aromatic heterocycles. The molecule has 10 heavy (non-hydrogen) atoms. The maximum absolute atomic E-state index is 3.68. The van der Waals surface area contributed by atoms with Crippen LogP contribution in [-0.2, 0) is 0 Å². The van der Waals surface area contributed by atoms with Gasteiger partial charge in [0.25, 0.3) is 0 Å². The van der Waals surface area contributed by atoms with Crippen LogP contribution in [0, 0.1) is 11.8 Å². The van der Waals surface area contributed by atoms with Crippen LogP contribution >= 0.6 is 15.9 Å². The van der Waals surface area contributed by atoms with Gasteiger partial charge in [-0.3, -0.25) is 0 Å². The van der Waals surface area contributed by atoms with Crippen molar-refractivity contribution < 1.29 is 0 Å². The first kappa shape index (κ1) is 8.58. The van der Waals surface area contributed by atoms with Crippen LogP contribution in [0.4, 0.5) is 0 Å². The first-order chi connectivity index (χ1) is 4.75. The Morgan fingerprint density at radius 1 is 1.50 bits per heavy atom. The molecule has 0 aromatic carbocycles. The fraction of sp³-hybridized carbons (Fsp3) is 1.00. The lowest BCUT2D eigenvalue weighted by atomic mass is 9.92. The largest absolute Gasteiger partial charge is 0.0891 e. The summed E-state index contributed by atoms with van der Waals surface area (Å²) in [7, 11) is 0. The van der Waals surface area contributed by atoms with E-state index in [1.165, 1.54) is 25.7 Å². The fourth-order valence-corrected chi connectivity index (χ4v) is 2.87. The van der Waals surface area contributed by atoms with E-state index in [4.69, 9.17) is 0 Å². The Hall–Kier alpha value is 0.480. The number of halogens is 1. The van der Waals surface area contributed by atoms with Crippen molar-refractivity contribution in [1.29, 1.82) is 0 Å². The first-order valence-corrected chi connectivity index (χ1v) is 5.31. The van der Waals surface area contributed by atoms with Gasteiger partial charge < -0.3 is 0 Å². The van der Waals surface area contributed by atoms with E-state index >= 15 is 0 Å². The molecule has 1 aliphatic carbocycles. The molecule has 0 amide bonds. The van der Waals surface area contributed by atoms with Crippen LogP contribution in [0.5, 0.6) is 0 Å². The van der Waals surface area contributed by atoms with E-state index in [1.807, 2.05) is 0 Å². The van der Waals surface area contributed by atoms with Crippen LogP contribution < -0.4 is 0 Å². The molecular weight excluding hydrogens is 188 g/mol. The predicted molar refractivity (Wildman–Crippen MR) is 49.5 cm³/mol. The second kappa shape index (κ2) is 3.75. The van der Waals surface area contributed by atoms with Crippen LogP contribution in [0.2, 0.25) is 0 Å². The molecule has 3 atom stereocenters. The molecule has 1 heteroatoms. The van der Waals surface area contributed by atoms with E-state index in [1.54, 1.807) is 0 Å². The van der Waals surface area contributed by atoms with E-state index in [-0.39, 0.29) is 0 Å². The van der Waals surface area contributed by atoms with Gasteiger partial charge in [-0.2, -0.15) is 0 Å². The standard InChI is InChI=1S/C9H17Br/c1-3-8-5-4-6-9(8)7(2)10/h7-9H,3-6H2,1-2H3. The maximum Gasteiger partial charge on any atom is 0.0148 e. The van der Waals surface area contributed by atoms with Crippen molar-refractivity contribution in [1.82, 2.24) is 0 Å². The average molecular weight is 205 g/mol. The number of rotatable bonds is 2. The van der Waals surface area contributed by atoms with Gasteiger partial charge in [0.05, 0.1) is 0 Å². The smallest absolute Gasteiger partial charge is 0.0148 e. The van der Waals surface area contributed by atoms with Crippen molar-refractivity contribution in [3.05, 3.63) is 0 Å². The van der Waals surface area contributed by atoms with E-state index < -0.39 is 0 Å². The topological polar surface area (TPSA) is 0 Å². The second-order valence-electron chi connectivity index (χ2n) is 3.44. The fourth-order valence-electron chi connectivity index (χ4n) is 2.18. The van der Waals surface area contributed by atoms with Crippen molar-refractivity contribution >= 4 is 15.9 Å². The van der Waals surface area contributed by atoms with Crippen LogP contribution in [0.1, 0.15) is 39.5 Å². The summed E-state index contributed by atoms with van der Waals surface area (Å²) in [5.74, 6) is 1.97. The van der Waals surface area contributed by atoms with E-state index in [0.29, 0.717) is 0 Å². The highest BCUT2D eigenvalue weighted by molar-refractivity contribution is 9.09. The third-order valence-electron chi connectivity index (χ3n) is 2.83. The molecule has 1 fully saturated rings. The lowest BCUT2D eigenvalue weighted by Crippen LogP contribution is -2.15. The Labute approximate surface area is 72.5 Å². The summed E-state index contributed by atoms with van der Waals surface area (Å²) in [6, 6.07) is 0. The lowest BCUT2D eigenvalue weighted by molar-refractivity contribution is 0.378. The third kappa shape index (κ3) is 1.75. The summed E-state index contributed by atoms with van der Waals surface area (Å²) < 4.78 is 0. The minimum absolute atomic E-state index is 0.736. The zero-order valence-corrected chi connectivity index (χ0v) is 8.52. The Morgan fingerprint density at radius 3 is 2.60 bits per heavy atom. The average Bonchev–Trinajstić information content (AvgIpc) is 2.33. The van der Waals surface area contributed by atoms with Gasteiger partial charge in [0.15, 0.2) is 0 Å². The molecule has 0 nitrogen and oxygen atoms in total. The van der Waals surface area contributed by atoms with E-state index in [2.05, 4.69) is 29.8 Å². The maximum atomic E-state index is 3.68. The van der Waals surface area contributed by atoms with Crippen molar-refractivity contribution in [2.75, 3.05) is 0 Å². The molecule has 0 radical (unpaired) electrons. The van der Waals surface area contributed by atoms with Gasteiger partial charge in [0.1, 0.15) is 0 Å². The highest BCUT2D eigenvalue weighted by atomic mass is 79.9. The SMILES string of the molecule is CCC1CCCC1C(C)Br. The molecule has 0 aromatic rings. The molecule has 1 saturated carbocycles. The van der Waals surface area contributed by atoms with Gasteiger partial charge in [-0.15, -0.1) is 0 Å². The van der Waals surface area contributed by atoms with Crippen LogP contribution in [-0.4, -0.2) is 4.83 Å². The Morgan fingerprint density at radius 2 is 2.20 bits per heavy atom. The predicted octanol–water partition coefficient (Wildman–Crippen LogP) is 3.60. The van der Waals surface area contributed by atoms with E-state index in [0.717, 1.165) is 16.7 Å². The summed E-state index contributed by atoms with van der Waals surface area (Å²) in [4.78, 5) is 0.736. The first-order valence-electron chi connectivity index (χ1n) is 4.39. The molecule has 0 spiro atoms. The number of hydrogen-bond acceptors (Lipinski definition) is 0. The minimum Gasteiger partial charge on any atom is -0.0891 e. The highest BCUT2D eigenvalue weighted by Crippen LogP contribution is 2.38. The Bertz CT molecular complexity index is 98.9. The molecule has 3 unspecified atom stereocenters. The molecule has 0 bridgehead atoms. The molecule has 60 valence electrons. The van der Waals surface area contributed by atoms with Gasteiger partial charge in [0, 0.05) is 4.83 Å². The third-order valence-corrected chi connectivity index (χ3v) is 3.51. The minimum atomic E-state index is 0.736. The van der Waals surface area contributed by atoms with Crippen molar-refractivity contribution in [3.63, 3.8) is 0 Å². The molecule has 0 heterocycles.